The molecule has 0 spiro atoms. The molecule has 10 nitrogen and oxygen atoms in total. The zero-order valence-corrected chi connectivity index (χ0v) is 18.6. The summed E-state index contributed by atoms with van der Waals surface area (Å²) >= 11 is 5.18. The highest BCUT2D eigenvalue weighted by Gasteiger charge is 2.74. The molecule has 1 unspecified atom stereocenters. The van der Waals surface area contributed by atoms with Crippen molar-refractivity contribution in [3.63, 3.8) is 0 Å². The number of nitrogens with two attached hydrogens (primary N) is 1. The Hall–Kier alpha value is -2.42. The number of para-hydroxylation sites is 1. The Bertz CT molecular complexity index is 1300. The lowest BCUT2D eigenvalue weighted by molar-refractivity contribution is -0.242. The van der Waals surface area contributed by atoms with Crippen molar-refractivity contribution in [2.45, 2.75) is 36.9 Å². The fourth-order valence-electron chi connectivity index (χ4n) is 3.69. The van der Waals surface area contributed by atoms with Crippen LogP contribution < -0.4 is 10.3 Å². The fraction of sp³-hybridized carbons (Fsp3) is 0.389. The maximum atomic E-state index is 15.2. The number of alkyl halides is 4. The summed E-state index contributed by atoms with van der Waals surface area (Å²) in [7, 11) is 0. The van der Waals surface area contributed by atoms with Gasteiger partial charge in [0.15, 0.2) is 23.8 Å². The molecule has 1 saturated heterocycles. The first-order valence-electron chi connectivity index (χ1n) is 9.69. The van der Waals surface area contributed by atoms with Gasteiger partial charge in [-0.2, -0.15) is 8.78 Å². The number of rotatable bonds is 5. The molecule has 4 atom stereocenters. The second kappa shape index (κ2) is 8.07. The molecule has 34 heavy (non-hydrogen) atoms. The highest BCUT2D eigenvalue weighted by Crippen LogP contribution is 2.58. The van der Waals surface area contributed by atoms with Crippen LogP contribution in [0.3, 0.4) is 0 Å². The van der Waals surface area contributed by atoms with Gasteiger partial charge < -0.3 is 20.1 Å². The molecule has 2 aliphatic rings. The van der Waals surface area contributed by atoms with E-state index in [2.05, 4.69) is 15.0 Å². The Kier molecular flexibility index (Phi) is 5.54. The van der Waals surface area contributed by atoms with Gasteiger partial charge in [0.2, 0.25) is 5.60 Å². The van der Waals surface area contributed by atoms with E-state index in [1.165, 1.54) is 0 Å². The van der Waals surface area contributed by atoms with Crippen LogP contribution in [-0.4, -0.2) is 55.3 Å². The lowest BCUT2D eigenvalue weighted by Gasteiger charge is -2.35. The number of nitrogens with zero attached hydrogens (tertiary/aromatic N) is 4. The van der Waals surface area contributed by atoms with Crippen molar-refractivity contribution >= 4 is 35.5 Å². The van der Waals surface area contributed by atoms with Crippen molar-refractivity contribution < 1.29 is 41.0 Å². The number of benzene rings is 1. The first kappa shape index (κ1) is 23.3. The Balaban J connectivity index is 1.46. The predicted molar refractivity (Wildman–Crippen MR) is 112 cm³/mol. The maximum absolute atomic E-state index is 15.2. The molecule has 0 bridgehead atoms. The number of ether oxygens (including phenoxy) is 1. The molecule has 0 amide bonds. The number of imidazole rings is 1. The Morgan fingerprint density at radius 1 is 1.29 bits per heavy atom. The van der Waals surface area contributed by atoms with Gasteiger partial charge in [-0.3, -0.25) is 13.6 Å². The Morgan fingerprint density at radius 3 is 2.82 bits per heavy atom. The van der Waals surface area contributed by atoms with Crippen LogP contribution in [0.2, 0.25) is 0 Å². The summed E-state index contributed by atoms with van der Waals surface area (Å²) < 4.78 is 81.0. The average molecular weight is 521 g/mol. The number of halogens is 4. The third-order valence-corrected chi connectivity index (χ3v) is 7.72. The van der Waals surface area contributed by atoms with E-state index >= 15 is 8.78 Å². The lowest BCUT2D eigenvalue weighted by atomic mass is 9.95. The number of fused-ring (bicyclic) bond motifs is 2. The van der Waals surface area contributed by atoms with E-state index in [1.54, 1.807) is 24.3 Å². The molecule has 0 saturated carbocycles. The molecule has 0 radical (unpaired) electrons. The summed E-state index contributed by atoms with van der Waals surface area (Å²) in [6.45, 7) is -5.21. The minimum atomic E-state index is -4.48. The van der Waals surface area contributed by atoms with Crippen molar-refractivity contribution in [1.29, 1.82) is 0 Å². The van der Waals surface area contributed by atoms with Gasteiger partial charge in [0.05, 0.1) is 19.5 Å². The molecular weight excluding hydrogens is 505 g/mol. The fourth-order valence-corrected chi connectivity index (χ4v) is 5.49. The maximum Gasteiger partial charge on any atom is 0.381 e. The molecule has 0 aliphatic carbocycles. The summed E-state index contributed by atoms with van der Waals surface area (Å²) in [5.74, 6) is -4.26. The number of aliphatic hydroxyl groups excluding tert-OH is 1. The van der Waals surface area contributed by atoms with Crippen molar-refractivity contribution in [3.05, 3.63) is 42.5 Å². The smallest absolute Gasteiger partial charge is 0.381 e. The quantitative estimate of drug-likeness (QED) is 0.382. The van der Waals surface area contributed by atoms with Gasteiger partial charge in [-0.25, -0.2) is 23.7 Å². The van der Waals surface area contributed by atoms with Crippen LogP contribution in [0.4, 0.5) is 23.4 Å². The number of hydrogen-bond donors (Lipinski definition) is 2. The highest BCUT2D eigenvalue weighted by atomic mass is 32.5. The van der Waals surface area contributed by atoms with Gasteiger partial charge in [-0.05, 0) is 6.07 Å². The van der Waals surface area contributed by atoms with E-state index < -0.39 is 43.6 Å². The first-order valence-corrected chi connectivity index (χ1v) is 12.2. The summed E-state index contributed by atoms with van der Waals surface area (Å²) in [5.41, 5.74) is 2.65. The van der Waals surface area contributed by atoms with Crippen LogP contribution in [0.25, 0.3) is 11.2 Å². The topological polar surface area (TPSA) is 127 Å². The number of hydrogen-bond acceptors (Lipinski definition) is 10. The zero-order valence-electron chi connectivity index (χ0n) is 16.9. The summed E-state index contributed by atoms with van der Waals surface area (Å²) in [6.07, 6.45) is -6.50. The van der Waals surface area contributed by atoms with Crippen molar-refractivity contribution in [2.75, 3.05) is 12.3 Å². The van der Waals surface area contributed by atoms with Gasteiger partial charge >= 0.3 is 12.6 Å². The van der Waals surface area contributed by atoms with Gasteiger partial charge in [0.25, 0.3) is 6.43 Å². The van der Waals surface area contributed by atoms with E-state index in [0.717, 1.165) is 17.2 Å². The minimum Gasteiger partial charge on any atom is -0.424 e. The van der Waals surface area contributed by atoms with Crippen LogP contribution >= 0.6 is 6.72 Å². The van der Waals surface area contributed by atoms with Crippen molar-refractivity contribution in [3.8, 4) is 5.75 Å². The summed E-state index contributed by atoms with van der Waals surface area (Å²) in [4.78, 5) is 11.5. The Labute approximate surface area is 193 Å². The van der Waals surface area contributed by atoms with Gasteiger partial charge in [-0.1, -0.05) is 18.2 Å². The van der Waals surface area contributed by atoms with Crippen LogP contribution in [0.15, 0.2) is 36.9 Å². The molecule has 4 heterocycles. The molecule has 2 aliphatic heterocycles. The van der Waals surface area contributed by atoms with Crippen LogP contribution in [0.5, 0.6) is 5.75 Å². The molecule has 1 fully saturated rings. The largest absolute Gasteiger partial charge is 0.424 e. The zero-order chi connectivity index (χ0) is 24.3. The second-order valence-electron chi connectivity index (χ2n) is 7.54. The van der Waals surface area contributed by atoms with Gasteiger partial charge in [0.1, 0.15) is 17.6 Å². The average Bonchev–Trinajstić information content (AvgIpc) is 3.31. The normalized spacial score (nSPS) is 30.4. The van der Waals surface area contributed by atoms with Gasteiger partial charge in [0, 0.05) is 17.4 Å². The minimum absolute atomic E-state index is 0.0190. The molecule has 3 N–H and O–H groups in total. The van der Waals surface area contributed by atoms with E-state index in [1.807, 2.05) is 0 Å². The van der Waals surface area contributed by atoms with E-state index in [0.29, 0.717) is 11.3 Å². The molecular formula is C18H16F4N5O5PS. The number of nitrogen functional groups attached to an aromatic ring is 1. The first-order chi connectivity index (χ1) is 16.1. The molecule has 3 aromatic rings. The second-order valence-corrected chi connectivity index (χ2v) is 10.5. The molecule has 5 rings (SSSR count). The lowest BCUT2D eigenvalue weighted by Crippen LogP contribution is -2.57. The van der Waals surface area contributed by atoms with E-state index in [4.69, 9.17) is 35.8 Å². The third-order valence-electron chi connectivity index (χ3n) is 5.55. The molecule has 2 aromatic heterocycles. The monoisotopic (exact) mass is 521 g/mol. The van der Waals surface area contributed by atoms with E-state index in [-0.39, 0.29) is 23.6 Å². The van der Waals surface area contributed by atoms with Crippen LogP contribution in [0, 0.1) is 0 Å². The standard InChI is InChI=1S/C18H16F4N5O5PS/c19-16(20)17(6-30-33(34)29-5-9-3-1-2-4-10(9)32-33)18(21,22)12(28)15(31-17)27-8-26-11-13(23)24-7-25-14(11)27/h1-4,7-8,12,15-16,28H,5-6H2,(H2,23,24,25)/t12-,15-,17+,33?/m1/s1. The summed E-state index contributed by atoms with van der Waals surface area (Å²) in [5, 5.41) is 10.4. The molecule has 1 aromatic carbocycles. The number of aliphatic hydroxyl groups is 1. The predicted octanol–water partition coefficient (Wildman–Crippen LogP) is 2.79. The third kappa shape index (κ3) is 3.46. The van der Waals surface area contributed by atoms with Gasteiger partial charge in [-0.15, -0.1) is 0 Å². The highest BCUT2D eigenvalue weighted by molar-refractivity contribution is 8.07. The number of anilines is 1. The molecule has 16 heteroatoms. The van der Waals surface area contributed by atoms with Crippen molar-refractivity contribution in [2.24, 2.45) is 0 Å². The SMILES string of the molecule is Nc1ncnc2c1ncn2[C@@H]1O[C@@](COP2(=S)OCc3ccccc3O2)(C(F)F)C(F)(F)[C@@H]1O. The van der Waals surface area contributed by atoms with E-state index in [9.17, 15) is 13.9 Å². The Morgan fingerprint density at radius 2 is 2.06 bits per heavy atom. The molecule has 182 valence electrons. The van der Waals surface area contributed by atoms with Crippen LogP contribution in [0.1, 0.15) is 11.8 Å². The van der Waals surface area contributed by atoms with Crippen molar-refractivity contribution in [1.82, 2.24) is 19.5 Å². The summed E-state index contributed by atoms with van der Waals surface area (Å²) in [6, 6.07) is 6.62. The van der Waals surface area contributed by atoms with Crippen LogP contribution in [-0.2, 0) is 32.2 Å². The number of aromatic nitrogens is 4.